The van der Waals surface area contributed by atoms with E-state index in [0.29, 0.717) is 18.5 Å². The van der Waals surface area contributed by atoms with Gasteiger partial charge in [-0.05, 0) is 24.6 Å². The number of nitrogens with one attached hydrogen (secondary N) is 1. The van der Waals surface area contributed by atoms with Gasteiger partial charge in [0.25, 0.3) is 5.91 Å². The van der Waals surface area contributed by atoms with Gasteiger partial charge < -0.3 is 10.4 Å². The maximum Gasteiger partial charge on any atom is 0.251 e. The Balaban J connectivity index is 2.10. The van der Waals surface area contributed by atoms with Crippen LogP contribution in [0, 0.1) is 0 Å². The molecule has 0 saturated heterocycles. The third-order valence-corrected chi connectivity index (χ3v) is 3.01. The molecule has 0 bridgehead atoms. The number of hydrogen-bond donors (Lipinski definition) is 2. The lowest BCUT2D eigenvalue weighted by molar-refractivity contribution is 0.0951. The Labute approximate surface area is 96.9 Å². The van der Waals surface area contributed by atoms with Crippen LogP contribution >= 0.6 is 11.3 Å². The largest absolute Gasteiger partial charge is 0.396 e. The highest BCUT2D eigenvalue weighted by Gasteiger charge is 2.06. The number of hydrogen-bond acceptors (Lipinski definition) is 4. The number of aromatic nitrogens is 1. The van der Waals surface area contributed by atoms with Crippen LogP contribution < -0.4 is 5.32 Å². The molecule has 0 aliphatic carbocycles. The smallest absolute Gasteiger partial charge is 0.251 e. The second-order valence-corrected chi connectivity index (χ2v) is 4.25. The summed E-state index contributed by atoms with van der Waals surface area (Å²) in [5, 5.41) is 11.3. The molecule has 84 valence electrons. The molecule has 16 heavy (non-hydrogen) atoms. The molecule has 1 aromatic carbocycles. The van der Waals surface area contributed by atoms with E-state index in [1.807, 2.05) is 12.1 Å². The van der Waals surface area contributed by atoms with Crippen LogP contribution in [0.2, 0.25) is 0 Å². The van der Waals surface area contributed by atoms with Crippen molar-refractivity contribution in [3.8, 4) is 0 Å². The Morgan fingerprint density at radius 3 is 3.19 bits per heavy atom. The summed E-state index contributed by atoms with van der Waals surface area (Å²) in [5.41, 5.74) is 3.31. The Kier molecular flexibility index (Phi) is 3.48. The van der Waals surface area contributed by atoms with Crippen LogP contribution in [0.4, 0.5) is 0 Å². The van der Waals surface area contributed by atoms with Gasteiger partial charge in [-0.3, -0.25) is 4.79 Å². The molecule has 0 atom stereocenters. The predicted octanol–water partition coefficient (Wildman–Crippen LogP) is 1.41. The van der Waals surface area contributed by atoms with Gasteiger partial charge in [0, 0.05) is 18.7 Å². The standard InChI is InChI=1S/C11H12N2O2S/c14-5-1-4-12-11(15)8-2-3-9-10(6-8)16-7-13-9/h2-3,6-7,14H,1,4-5H2,(H,12,15). The zero-order valence-electron chi connectivity index (χ0n) is 8.64. The van der Waals surface area contributed by atoms with E-state index in [-0.39, 0.29) is 12.5 Å². The van der Waals surface area contributed by atoms with Crippen LogP contribution in [-0.4, -0.2) is 29.1 Å². The van der Waals surface area contributed by atoms with Gasteiger partial charge in [-0.2, -0.15) is 0 Å². The van der Waals surface area contributed by atoms with E-state index < -0.39 is 0 Å². The second kappa shape index (κ2) is 5.05. The Morgan fingerprint density at radius 2 is 2.38 bits per heavy atom. The summed E-state index contributed by atoms with van der Waals surface area (Å²) in [6.45, 7) is 0.588. The lowest BCUT2D eigenvalue weighted by Crippen LogP contribution is -2.24. The van der Waals surface area contributed by atoms with E-state index in [9.17, 15) is 4.79 Å². The number of carbonyl (C=O) groups excluding carboxylic acids is 1. The number of amides is 1. The molecule has 2 rings (SSSR count). The molecule has 4 nitrogen and oxygen atoms in total. The summed E-state index contributed by atoms with van der Waals surface area (Å²) in [6, 6.07) is 5.43. The molecular formula is C11H12N2O2S. The fourth-order valence-corrected chi connectivity index (χ4v) is 2.10. The summed E-state index contributed by atoms with van der Waals surface area (Å²) in [5.74, 6) is -0.108. The molecule has 0 aliphatic rings. The quantitative estimate of drug-likeness (QED) is 0.789. The first-order valence-electron chi connectivity index (χ1n) is 5.03. The highest BCUT2D eigenvalue weighted by molar-refractivity contribution is 7.16. The van der Waals surface area contributed by atoms with Crippen LogP contribution in [-0.2, 0) is 0 Å². The summed E-state index contributed by atoms with van der Waals surface area (Å²) >= 11 is 1.52. The molecule has 5 heteroatoms. The summed E-state index contributed by atoms with van der Waals surface area (Å²) in [7, 11) is 0. The maximum atomic E-state index is 11.7. The molecule has 0 aliphatic heterocycles. The average molecular weight is 236 g/mol. The fraction of sp³-hybridized carbons (Fsp3) is 0.273. The van der Waals surface area contributed by atoms with Crippen molar-refractivity contribution in [1.29, 1.82) is 0 Å². The van der Waals surface area contributed by atoms with Crippen molar-refractivity contribution in [3.05, 3.63) is 29.3 Å². The molecule has 1 aromatic heterocycles. The monoisotopic (exact) mass is 236 g/mol. The third-order valence-electron chi connectivity index (χ3n) is 2.21. The Morgan fingerprint density at radius 1 is 1.50 bits per heavy atom. The van der Waals surface area contributed by atoms with Gasteiger partial charge in [0.1, 0.15) is 0 Å². The van der Waals surface area contributed by atoms with Gasteiger partial charge in [-0.15, -0.1) is 11.3 Å². The first-order valence-corrected chi connectivity index (χ1v) is 5.91. The molecule has 0 spiro atoms. The summed E-state index contributed by atoms with van der Waals surface area (Å²) in [4.78, 5) is 15.8. The minimum atomic E-state index is -0.108. The maximum absolute atomic E-state index is 11.7. The van der Waals surface area contributed by atoms with Gasteiger partial charge in [0.15, 0.2) is 0 Å². The van der Waals surface area contributed by atoms with Crippen LogP contribution in [0.25, 0.3) is 10.2 Å². The zero-order chi connectivity index (χ0) is 11.4. The lowest BCUT2D eigenvalue weighted by Gasteiger charge is -2.03. The minimum absolute atomic E-state index is 0.0914. The average Bonchev–Trinajstić information content (AvgIpc) is 2.76. The number of thiazole rings is 1. The van der Waals surface area contributed by atoms with Crippen molar-refractivity contribution in [1.82, 2.24) is 10.3 Å². The number of aliphatic hydroxyl groups excluding tert-OH is 1. The number of carbonyl (C=O) groups is 1. The van der Waals surface area contributed by atoms with E-state index >= 15 is 0 Å². The van der Waals surface area contributed by atoms with E-state index in [2.05, 4.69) is 10.3 Å². The van der Waals surface area contributed by atoms with Crippen LogP contribution in [0.15, 0.2) is 23.7 Å². The first kappa shape index (κ1) is 11.0. The van der Waals surface area contributed by atoms with Gasteiger partial charge in [0.2, 0.25) is 0 Å². The third kappa shape index (κ3) is 2.37. The van der Waals surface area contributed by atoms with Crippen molar-refractivity contribution >= 4 is 27.5 Å². The minimum Gasteiger partial charge on any atom is -0.396 e. The summed E-state index contributed by atoms with van der Waals surface area (Å²) < 4.78 is 1.01. The number of aliphatic hydroxyl groups is 1. The molecule has 2 aromatic rings. The molecular weight excluding hydrogens is 224 g/mol. The van der Waals surface area contributed by atoms with Crippen molar-refractivity contribution < 1.29 is 9.90 Å². The van der Waals surface area contributed by atoms with Crippen LogP contribution in [0.5, 0.6) is 0 Å². The Hall–Kier alpha value is -1.46. The fourth-order valence-electron chi connectivity index (χ4n) is 1.38. The molecule has 0 saturated carbocycles. The van der Waals surface area contributed by atoms with Crippen molar-refractivity contribution in [2.45, 2.75) is 6.42 Å². The van der Waals surface area contributed by atoms with Gasteiger partial charge in [-0.25, -0.2) is 4.98 Å². The van der Waals surface area contributed by atoms with Gasteiger partial charge >= 0.3 is 0 Å². The van der Waals surface area contributed by atoms with Crippen molar-refractivity contribution in [3.63, 3.8) is 0 Å². The molecule has 2 N–H and O–H groups in total. The van der Waals surface area contributed by atoms with E-state index in [4.69, 9.17) is 5.11 Å². The lowest BCUT2D eigenvalue weighted by atomic mass is 10.2. The number of rotatable bonds is 4. The van der Waals surface area contributed by atoms with Crippen LogP contribution in [0.3, 0.4) is 0 Å². The highest BCUT2D eigenvalue weighted by atomic mass is 32.1. The number of fused-ring (bicyclic) bond motifs is 1. The topological polar surface area (TPSA) is 62.2 Å². The van der Waals surface area contributed by atoms with E-state index in [1.165, 1.54) is 11.3 Å². The first-order chi connectivity index (χ1) is 7.81. The molecule has 0 radical (unpaired) electrons. The summed E-state index contributed by atoms with van der Waals surface area (Å²) in [6.07, 6.45) is 0.578. The van der Waals surface area contributed by atoms with E-state index in [0.717, 1.165) is 10.2 Å². The van der Waals surface area contributed by atoms with Gasteiger partial charge in [0.05, 0.1) is 15.7 Å². The van der Waals surface area contributed by atoms with Gasteiger partial charge in [-0.1, -0.05) is 0 Å². The number of benzene rings is 1. The molecule has 1 amide bonds. The van der Waals surface area contributed by atoms with Crippen molar-refractivity contribution in [2.24, 2.45) is 0 Å². The molecule has 1 heterocycles. The second-order valence-electron chi connectivity index (χ2n) is 3.37. The number of nitrogens with zero attached hydrogens (tertiary/aromatic N) is 1. The molecule has 0 unspecified atom stereocenters. The highest BCUT2D eigenvalue weighted by Crippen LogP contribution is 2.18. The van der Waals surface area contributed by atoms with Crippen LogP contribution in [0.1, 0.15) is 16.8 Å². The SMILES string of the molecule is O=C(NCCCO)c1ccc2ncsc2c1. The van der Waals surface area contributed by atoms with Crippen molar-refractivity contribution in [2.75, 3.05) is 13.2 Å². The predicted molar refractivity (Wildman–Crippen MR) is 63.7 cm³/mol. The Bertz CT molecular complexity index is 495. The molecule has 0 fully saturated rings. The normalized spacial score (nSPS) is 10.6. The zero-order valence-corrected chi connectivity index (χ0v) is 9.46. The van der Waals surface area contributed by atoms with E-state index in [1.54, 1.807) is 11.6 Å².